The van der Waals surface area contributed by atoms with Gasteiger partial charge in [-0.2, -0.15) is 0 Å². The summed E-state index contributed by atoms with van der Waals surface area (Å²) in [5.41, 5.74) is 5.96. The molecule has 0 heterocycles. The number of hydrogen-bond donors (Lipinski definition) is 1. The Bertz CT molecular complexity index is 657. The molecule has 122 valence electrons. The first-order chi connectivity index (χ1) is 10.3. The second-order valence-electron chi connectivity index (χ2n) is 5.46. The standard InChI is InChI=1S/C15H21NO4S2/c1-4-22(17,18)13-12(15(13,9-19-2)14(16)21)10-5-7-11(20-3)8-6-10/h5-8,12-13H,4,9H2,1-3H3,(H2,16,21)/t12-,13-,15+/m1/s1. The van der Waals surface area contributed by atoms with Crippen molar-refractivity contribution in [3.8, 4) is 5.75 Å². The first-order valence-corrected chi connectivity index (χ1v) is 9.11. The first-order valence-electron chi connectivity index (χ1n) is 6.99. The minimum absolute atomic E-state index is 0.0540. The third kappa shape index (κ3) is 2.61. The molecule has 2 rings (SSSR count). The molecule has 7 heteroatoms. The zero-order valence-electron chi connectivity index (χ0n) is 12.9. The van der Waals surface area contributed by atoms with E-state index in [4.69, 9.17) is 27.4 Å². The fraction of sp³-hybridized carbons (Fsp3) is 0.533. The van der Waals surface area contributed by atoms with Crippen LogP contribution in [0.1, 0.15) is 18.4 Å². The highest BCUT2D eigenvalue weighted by molar-refractivity contribution is 7.92. The summed E-state index contributed by atoms with van der Waals surface area (Å²) in [6, 6.07) is 7.33. The molecule has 3 atom stereocenters. The maximum absolute atomic E-state index is 12.5. The molecule has 0 amide bonds. The van der Waals surface area contributed by atoms with Crippen molar-refractivity contribution in [1.82, 2.24) is 0 Å². The van der Waals surface area contributed by atoms with Crippen molar-refractivity contribution < 1.29 is 17.9 Å². The highest BCUT2D eigenvalue weighted by Crippen LogP contribution is 2.63. The van der Waals surface area contributed by atoms with Gasteiger partial charge in [0.2, 0.25) is 0 Å². The lowest BCUT2D eigenvalue weighted by atomic mass is 10.00. The average Bonchev–Trinajstić information content (AvgIpc) is 3.19. The molecule has 1 aromatic rings. The van der Waals surface area contributed by atoms with Crippen LogP contribution in [-0.4, -0.2) is 45.2 Å². The number of hydrogen-bond acceptors (Lipinski definition) is 5. The maximum atomic E-state index is 12.5. The van der Waals surface area contributed by atoms with Crippen LogP contribution in [0.5, 0.6) is 5.75 Å². The Morgan fingerprint density at radius 1 is 1.32 bits per heavy atom. The summed E-state index contributed by atoms with van der Waals surface area (Å²) in [7, 11) is -0.181. The Morgan fingerprint density at radius 3 is 2.32 bits per heavy atom. The topological polar surface area (TPSA) is 78.6 Å². The Labute approximate surface area is 136 Å². The van der Waals surface area contributed by atoms with E-state index in [0.29, 0.717) is 5.75 Å². The molecule has 0 aliphatic heterocycles. The summed E-state index contributed by atoms with van der Waals surface area (Å²) in [6.07, 6.45) is 0. The van der Waals surface area contributed by atoms with Gasteiger partial charge in [-0.3, -0.25) is 0 Å². The van der Waals surface area contributed by atoms with Crippen LogP contribution in [0.4, 0.5) is 0 Å². The van der Waals surface area contributed by atoms with Gasteiger partial charge < -0.3 is 15.2 Å². The van der Waals surface area contributed by atoms with E-state index in [1.807, 2.05) is 12.1 Å². The predicted molar refractivity (Wildman–Crippen MR) is 90.1 cm³/mol. The van der Waals surface area contributed by atoms with Crippen LogP contribution in [-0.2, 0) is 14.6 Å². The number of ether oxygens (including phenoxy) is 2. The third-order valence-electron chi connectivity index (χ3n) is 4.36. The molecule has 0 spiro atoms. The van der Waals surface area contributed by atoms with Gasteiger partial charge in [0.1, 0.15) is 5.75 Å². The van der Waals surface area contributed by atoms with Crippen LogP contribution >= 0.6 is 12.2 Å². The second kappa shape index (κ2) is 6.14. The third-order valence-corrected chi connectivity index (χ3v) is 7.01. The fourth-order valence-electron chi connectivity index (χ4n) is 3.17. The van der Waals surface area contributed by atoms with Gasteiger partial charge in [0.15, 0.2) is 9.84 Å². The Hall–Kier alpha value is -1.18. The summed E-state index contributed by atoms with van der Waals surface area (Å²) in [4.78, 5) is 0.192. The molecule has 1 aromatic carbocycles. The largest absolute Gasteiger partial charge is 0.497 e. The Kier molecular flexibility index (Phi) is 4.79. The van der Waals surface area contributed by atoms with Crippen molar-refractivity contribution in [3.05, 3.63) is 29.8 Å². The van der Waals surface area contributed by atoms with Gasteiger partial charge in [-0.25, -0.2) is 8.42 Å². The molecule has 0 bridgehead atoms. The van der Waals surface area contributed by atoms with Gasteiger partial charge in [0, 0.05) is 18.8 Å². The second-order valence-corrected chi connectivity index (χ2v) is 8.31. The van der Waals surface area contributed by atoms with Crippen LogP contribution < -0.4 is 10.5 Å². The van der Waals surface area contributed by atoms with Crippen LogP contribution in [0.15, 0.2) is 24.3 Å². The normalized spacial score (nSPS) is 27.4. The van der Waals surface area contributed by atoms with E-state index in [9.17, 15) is 8.42 Å². The minimum Gasteiger partial charge on any atom is -0.497 e. The molecule has 22 heavy (non-hydrogen) atoms. The summed E-state index contributed by atoms with van der Waals surface area (Å²) in [5.74, 6) is 0.492. The van der Waals surface area contributed by atoms with Gasteiger partial charge in [-0.05, 0) is 17.7 Å². The van der Waals surface area contributed by atoms with Crippen molar-refractivity contribution in [3.63, 3.8) is 0 Å². The van der Waals surface area contributed by atoms with Crippen LogP contribution in [0.2, 0.25) is 0 Å². The fourth-order valence-corrected chi connectivity index (χ4v) is 5.64. The molecular formula is C15H21NO4S2. The zero-order valence-corrected chi connectivity index (χ0v) is 14.5. The predicted octanol–water partition coefficient (Wildman–Crippen LogP) is 1.51. The van der Waals surface area contributed by atoms with E-state index in [1.165, 1.54) is 7.11 Å². The van der Waals surface area contributed by atoms with Gasteiger partial charge in [0.25, 0.3) is 0 Å². The quantitative estimate of drug-likeness (QED) is 0.756. The summed E-state index contributed by atoms with van der Waals surface area (Å²) in [6.45, 7) is 1.83. The van der Waals surface area contributed by atoms with Gasteiger partial charge in [0.05, 0.1) is 29.4 Å². The number of nitrogens with two attached hydrogens (primary N) is 1. The van der Waals surface area contributed by atoms with Crippen molar-refractivity contribution >= 4 is 27.0 Å². The van der Waals surface area contributed by atoms with Crippen LogP contribution in [0.3, 0.4) is 0 Å². The number of methoxy groups -OCH3 is 2. The molecule has 0 aromatic heterocycles. The lowest BCUT2D eigenvalue weighted by Crippen LogP contribution is -2.33. The lowest BCUT2D eigenvalue weighted by molar-refractivity contribution is 0.166. The van der Waals surface area contributed by atoms with E-state index in [2.05, 4.69) is 0 Å². The van der Waals surface area contributed by atoms with Gasteiger partial charge in [-0.1, -0.05) is 31.3 Å². The van der Waals surface area contributed by atoms with Crippen LogP contribution in [0, 0.1) is 5.41 Å². The zero-order chi connectivity index (χ0) is 16.5. The van der Waals surface area contributed by atoms with E-state index < -0.39 is 20.5 Å². The molecule has 0 saturated heterocycles. The Morgan fingerprint density at radius 2 is 1.91 bits per heavy atom. The molecule has 1 aliphatic carbocycles. The molecule has 1 saturated carbocycles. The van der Waals surface area contributed by atoms with Crippen LogP contribution in [0.25, 0.3) is 0 Å². The average molecular weight is 343 g/mol. The van der Waals surface area contributed by atoms with E-state index in [0.717, 1.165) is 5.56 Å². The maximum Gasteiger partial charge on any atom is 0.154 e. The highest BCUT2D eigenvalue weighted by atomic mass is 32.2. The van der Waals surface area contributed by atoms with E-state index in [1.54, 1.807) is 26.2 Å². The number of sulfone groups is 1. The number of benzene rings is 1. The van der Waals surface area contributed by atoms with Crippen molar-refractivity contribution in [2.45, 2.75) is 18.1 Å². The molecule has 1 fully saturated rings. The van der Waals surface area contributed by atoms with Gasteiger partial charge >= 0.3 is 0 Å². The lowest BCUT2D eigenvalue weighted by Gasteiger charge is -2.15. The highest BCUT2D eigenvalue weighted by Gasteiger charge is 2.72. The Balaban J connectivity index is 2.48. The molecule has 0 unspecified atom stereocenters. The van der Waals surface area contributed by atoms with Crippen molar-refractivity contribution in [2.75, 3.05) is 26.6 Å². The summed E-state index contributed by atoms with van der Waals surface area (Å²) >= 11 is 5.19. The summed E-state index contributed by atoms with van der Waals surface area (Å²) in [5, 5.41) is -0.629. The monoisotopic (exact) mass is 343 g/mol. The molecular weight excluding hydrogens is 322 g/mol. The smallest absolute Gasteiger partial charge is 0.154 e. The van der Waals surface area contributed by atoms with Gasteiger partial charge in [-0.15, -0.1) is 0 Å². The summed E-state index contributed by atoms with van der Waals surface area (Å²) < 4.78 is 35.3. The molecule has 0 radical (unpaired) electrons. The van der Waals surface area contributed by atoms with E-state index >= 15 is 0 Å². The first kappa shape index (κ1) is 17.2. The molecule has 1 aliphatic rings. The van der Waals surface area contributed by atoms with Crippen molar-refractivity contribution in [2.24, 2.45) is 11.1 Å². The molecule has 2 N–H and O–H groups in total. The molecule has 5 nitrogen and oxygen atoms in total. The SMILES string of the molecule is CCS(=O)(=O)[C@@H]1[C@@H](c2ccc(OC)cc2)[C@]1(COC)C(N)=S. The number of rotatable bonds is 7. The van der Waals surface area contributed by atoms with E-state index in [-0.39, 0.29) is 23.3 Å². The van der Waals surface area contributed by atoms with Crippen molar-refractivity contribution in [1.29, 1.82) is 0 Å². The number of thiocarbonyl (C=S) groups is 1. The minimum atomic E-state index is -3.29.